The third-order valence-corrected chi connectivity index (χ3v) is 2.45. The largest absolute Gasteiger partial charge is 0.345 e. The SMILES string of the molecule is CC(C)(C)C(=O)NCC#Cc1ccccc1Cl. The summed E-state index contributed by atoms with van der Waals surface area (Å²) < 4.78 is 0. The van der Waals surface area contributed by atoms with E-state index in [2.05, 4.69) is 17.2 Å². The summed E-state index contributed by atoms with van der Waals surface area (Å²) in [4.78, 5) is 11.5. The van der Waals surface area contributed by atoms with Crippen molar-refractivity contribution in [1.82, 2.24) is 5.32 Å². The highest BCUT2D eigenvalue weighted by Gasteiger charge is 2.19. The van der Waals surface area contributed by atoms with Crippen LogP contribution in [0.25, 0.3) is 0 Å². The van der Waals surface area contributed by atoms with E-state index in [-0.39, 0.29) is 11.3 Å². The van der Waals surface area contributed by atoms with Crippen molar-refractivity contribution in [3.8, 4) is 11.8 Å². The van der Waals surface area contributed by atoms with Gasteiger partial charge in [0.05, 0.1) is 11.6 Å². The van der Waals surface area contributed by atoms with E-state index in [1.165, 1.54) is 0 Å². The molecular weight excluding hydrogens is 234 g/mol. The minimum Gasteiger partial charge on any atom is -0.345 e. The van der Waals surface area contributed by atoms with Crippen molar-refractivity contribution in [1.29, 1.82) is 0 Å². The van der Waals surface area contributed by atoms with E-state index in [9.17, 15) is 4.79 Å². The van der Waals surface area contributed by atoms with Crippen LogP contribution in [-0.4, -0.2) is 12.5 Å². The van der Waals surface area contributed by atoms with Crippen LogP contribution in [0, 0.1) is 17.3 Å². The van der Waals surface area contributed by atoms with Crippen LogP contribution in [-0.2, 0) is 4.79 Å². The van der Waals surface area contributed by atoms with Gasteiger partial charge in [-0.2, -0.15) is 0 Å². The van der Waals surface area contributed by atoms with Crippen LogP contribution >= 0.6 is 11.6 Å². The molecule has 1 aromatic rings. The Morgan fingerprint density at radius 2 is 2.00 bits per heavy atom. The van der Waals surface area contributed by atoms with Gasteiger partial charge in [0.25, 0.3) is 0 Å². The van der Waals surface area contributed by atoms with Gasteiger partial charge < -0.3 is 5.32 Å². The second kappa shape index (κ2) is 5.75. The summed E-state index contributed by atoms with van der Waals surface area (Å²) in [7, 11) is 0. The maximum atomic E-state index is 11.5. The number of hydrogen-bond acceptors (Lipinski definition) is 1. The molecule has 0 aliphatic rings. The first-order valence-electron chi connectivity index (χ1n) is 5.43. The molecule has 1 aromatic carbocycles. The Morgan fingerprint density at radius 3 is 2.59 bits per heavy atom. The number of amides is 1. The molecule has 1 amide bonds. The Hall–Kier alpha value is -1.46. The second-order valence-electron chi connectivity index (χ2n) is 4.71. The molecule has 1 N–H and O–H groups in total. The quantitative estimate of drug-likeness (QED) is 0.762. The molecule has 0 radical (unpaired) electrons. The van der Waals surface area contributed by atoms with E-state index in [1.807, 2.05) is 39.0 Å². The van der Waals surface area contributed by atoms with E-state index in [1.54, 1.807) is 6.07 Å². The lowest BCUT2D eigenvalue weighted by atomic mass is 9.96. The lowest BCUT2D eigenvalue weighted by Gasteiger charge is -2.15. The first kappa shape index (κ1) is 13.6. The van der Waals surface area contributed by atoms with Crippen LogP contribution in [0.3, 0.4) is 0 Å². The molecule has 1 rings (SSSR count). The molecule has 0 aromatic heterocycles. The van der Waals surface area contributed by atoms with Gasteiger partial charge in [-0.25, -0.2) is 0 Å². The molecule has 0 fully saturated rings. The summed E-state index contributed by atoms with van der Waals surface area (Å²) >= 11 is 5.95. The van der Waals surface area contributed by atoms with Crippen molar-refractivity contribution < 1.29 is 4.79 Å². The molecule has 0 aliphatic heterocycles. The van der Waals surface area contributed by atoms with E-state index >= 15 is 0 Å². The fraction of sp³-hybridized carbons (Fsp3) is 0.357. The number of carbonyl (C=O) groups is 1. The van der Waals surface area contributed by atoms with Gasteiger partial charge in [-0.05, 0) is 12.1 Å². The number of nitrogens with one attached hydrogen (secondary N) is 1. The summed E-state index contributed by atoms with van der Waals surface area (Å²) in [6.07, 6.45) is 0. The minimum absolute atomic E-state index is 0.00837. The van der Waals surface area contributed by atoms with E-state index in [4.69, 9.17) is 11.6 Å². The number of benzene rings is 1. The van der Waals surface area contributed by atoms with Crippen molar-refractivity contribution >= 4 is 17.5 Å². The zero-order chi connectivity index (χ0) is 12.9. The summed E-state index contributed by atoms with van der Waals surface area (Å²) in [5.41, 5.74) is 0.394. The Bertz CT molecular complexity index is 463. The van der Waals surface area contributed by atoms with E-state index in [0.717, 1.165) is 5.56 Å². The highest BCUT2D eigenvalue weighted by molar-refractivity contribution is 6.31. The predicted molar refractivity (Wildman–Crippen MR) is 70.8 cm³/mol. The Labute approximate surface area is 107 Å². The van der Waals surface area contributed by atoms with E-state index < -0.39 is 0 Å². The molecule has 3 heteroatoms. The average Bonchev–Trinajstić information content (AvgIpc) is 2.25. The first-order valence-corrected chi connectivity index (χ1v) is 5.81. The van der Waals surface area contributed by atoms with Crippen molar-refractivity contribution in [2.45, 2.75) is 20.8 Å². The number of carbonyl (C=O) groups excluding carboxylic acids is 1. The molecule has 2 nitrogen and oxygen atoms in total. The highest BCUT2D eigenvalue weighted by atomic mass is 35.5. The van der Waals surface area contributed by atoms with Crippen molar-refractivity contribution in [3.05, 3.63) is 34.9 Å². The van der Waals surface area contributed by atoms with Crippen LogP contribution < -0.4 is 5.32 Å². The predicted octanol–water partition coefficient (Wildman–Crippen LogP) is 2.85. The van der Waals surface area contributed by atoms with Crippen LogP contribution in [0.1, 0.15) is 26.3 Å². The molecular formula is C14H16ClNO. The molecule has 0 unspecified atom stereocenters. The Balaban J connectivity index is 2.54. The molecule has 0 heterocycles. The average molecular weight is 250 g/mol. The molecule has 90 valence electrons. The highest BCUT2D eigenvalue weighted by Crippen LogP contribution is 2.13. The molecule has 0 saturated carbocycles. The van der Waals surface area contributed by atoms with Gasteiger partial charge in [0, 0.05) is 11.0 Å². The van der Waals surface area contributed by atoms with Crippen LogP contribution in [0.15, 0.2) is 24.3 Å². The molecule has 0 aliphatic carbocycles. The van der Waals surface area contributed by atoms with Crippen LogP contribution in [0.5, 0.6) is 0 Å². The molecule has 0 bridgehead atoms. The van der Waals surface area contributed by atoms with Crippen molar-refractivity contribution in [2.24, 2.45) is 5.41 Å². The number of hydrogen-bond donors (Lipinski definition) is 1. The lowest BCUT2D eigenvalue weighted by molar-refractivity contribution is -0.128. The van der Waals surface area contributed by atoms with Gasteiger partial charge in [-0.3, -0.25) is 4.79 Å². The Morgan fingerprint density at radius 1 is 1.35 bits per heavy atom. The standard InChI is InChI=1S/C14H16ClNO/c1-14(2,3)13(17)16-10-6-8-11-7-4-5-9-12(11)15/h4-5,7,9H,10H2,1-3H3,(H,16,17). The van der Waals surface area contributed by atoms with Gasteiger partial charge in [0.1, 0.15) is 0 Å². The lowest BCUT2D eigenvalue weighted by Crippen LogP contribution is -2.34. The Kier molecular flexibility index (Phi) is 4.60. The summed E-state index contributed by atoms with van der Waals surface area (Å²) in [6.45, 7) is 5.93. The third kappa shape index (κ3) is 4.50. The van der Waals surface area contributed by atoms with Crippen molar-refractivity contribution in [2.75, 3.05) is 6.54 Å². The fourth-order valence-electron chi connectivity index (χ4n) is 1.09. The van der Waals surface area contributed by atoms with Gasteiger partial charge in [-0.1, -0.05) is 56.3 Å². The van der Waals surface area contributed by atoms with Gasteiger partial charge >= 0.3 is 0 Å². The monoisotopic (exact) mass is 249 g/mol. The molecule has 0 atom stereocenters. The van der Waals surface area contributed by atoms with E-state index in [0.29, 0.717) is 11.6 Å². The first-order chi connectivity index (χ1) is 7.91. The van der Waals surface area contributed by atoms with Gasteiger partial charge in [0.2, 0.25) is 5.91 Å². The zero-order valence-electron chi connectivity index (χ0n) is 10.3. The number of rotatable bonds is 1. The topological polar surface area (TPSA) is 29.1 Å². The normalized spacial score (nSPS) is 10.4. The summed E-state index contributed by atoms with van der Waals surface area (Å²) in [6, 6.07) is 7.37. The van der Waals surface area contributed by atoms with Gasteiger partial charge in [0.15, 0.2) is 0 Å². The zero-order valence-corrected chi connectivity index (χ0v) is 11.1. The second-order valence-corrected chi connectivity index (χ2v) is 5.12. The number of halogens is 1. The summed E-state index contributed by atoms with van der Waals surface area (Å²) in [5, 5.41) is 3.38. The maximum Gasteiger partial charge on any atom is 0.226 e. The van der Waals surface area contributed by atoms with Gasteiger partial charge in [-0.15, -0.1) is 0 Å². The molecule has 0 spiro atoms. The third-order valence-electron chi connectivity index (χ3n) is 2.12. The fourth-order valence-corrected chi connectivity index (χ4v) is 1.27. The summed E-state index contributed by atoms with van der Waals surface area (Å²) in [5.74, 6) is 5.79. The maximum absolute atomic E-state index is 11.5. The van der Waals surface area contributed by atoms with Crippen LogP contribution in [0.4, 0.5) is 0 Å². The molecule has 0 saturated heterocycles. The minimum atomic E-state index is -0.383. The smallest absolute Gasteiger partial charge is 0.226 e. The van der Waals surface area contributed by atoms with Crippen molar-refractivity contribution in [3.63, 3.8) is 0 Å². The van der Waals surface area contributed by atoms with Crippen LogP contribution in [0.2, 0.25) is 5.02 Å². The molecule has 17 heavy (non-hydrogen) atoms.